The van der Waals surface area contributed by atoms with Crippen LogP contribution in [0.4, 0.5) is 12.9 Å². The molecular weight excluding hydrogens is 170 g/mol. The molecule has 0 aromatic rings. The Hall–Kier alpha value is -0.225. The zero-order valence-electron chi connectivity index (χ0n) is 6.72. The van der Waals surface area contributed by atoms with E-state index in [9.17, 15) is 12.9 Å². The summed E-state index contributed by atoms with van der Waals surface area (Å²) in [6.07, 6.45) is 0.616. The van der Waals surface area contributed by atoms with E-state index in [4.69, 9.17) is 5.11 Å². The van der Waals surface area contributed by atoms with E-state index < -0.39 is 13.4 Å². The highest BCUT2D eigenvalue weighted by Crippen LogP contribution is 2.20. The zero-order valence-corrected chi connectivity index (χ0v) is 6.72. The van der Waals surface area contributed by atoms with Crippen LogP contribution >= 0.6 is 0 Å². The van der Waals surface area contributed by atoms with Crippen molar-refractivity contribution in [2.24, 2.45) is 0 Å². The third-order valence-corrected chi connectivity index (χ3v) is 2.15. The maximum Gasteiger partial charge on any atom is 0.492 e. The molecule has 1 aliphatic rings. The number of rotatable bonds is 3. The number of aliphatic hydroxyl groups excluding tert-OH is 1. The lowest BCUT2D eigenvalue weighted by Crippen LogP contribution is -2.42. The molecule has 0 radical (unpaired) electrons. The number of hydrogen-bond donors (Lipinski definition) is 1. The quantitative estimate of drug-likeness (QED) is 0.653. The highest BCUT2D eigenvalue weighted by atomic mass is 19.4. The van der Waals surface area contributed by atoms with Crippen molar-refractivity contribution in [1.29, 1.82) is 0 Å². The van der Waals surface area contributed by atoms with Crippen molar-refractivity contribution in [1.82, 2.24) is 4.90 Å². The Bertz CT molecular complexity index is 152. The maximum absolute atomic E-state index is 12.0. The first kappa shape index (κ1) is 9.86. The Morgan fingerprint density at radius 2 is 2.08 bits per heavy atom. The van der Waals surface area contributed by atoms with Gasteiger partial charge < -0.3 is 23.0 Å². The molecule has 0 aromatic heterocycles. The largest absolute Gasteiger partial charge is 0.492 e. The highest BCUT2D eigenvalue weighted by Gasteiger charge is 2.32. The van der Waals surface area contributed by atoms with Crippen LogP contribution in [-0.4, -0.2) is 42.6 Å². The van der Waals surface area contributed by atoms with Crippen molar-refractivity contribution < 1.29 is 18.1 Å². The zero-order chi connectivity index (χ0) is 9.19. The molecule has 1 aliphatic heterocycles. The normalized spacial score (nSPS) is 26.5. The first-order valence-corrected chi connectivity index (χ1v) is 4.09. The molecule has 1 fully saturated rings. The van der Waals surface area contributed by atoms with Crippen molar-refractivity contribution in [2.45, 2.75) is 18.9 Å². The highest BCUT2D eigenvalue weighted by molar-refractivity contribution is 6.58. The molecule has 6 heteroatoms. The fourth-order valence-corrected chi connectivity index (χ4v) is 1.61. The molecule has 1 rings (SSSR count). The van der Waals surface area contributed by atoms with E-state index in [-0.39, 0.29) is 12.6 Å². The average Bonchev–Trinajstić information content (AvgIpc) is 2.31. The summed E-state index contributed by atoms with van der Waals surface area (Å²) in [5, 5.41) is 8.73. The van der Waals surface area contributed by atoms with E-state index >= 15 is 0 Å². The second-order valence-corrected chi connectivity index (χ2v) is 3.18. The van der Waals surface area contributed by atoms with Gasteiger partial charge in [-0.3, -0.25) is 0 Å². The molecule has 1 atom stereocenters. The van der Waals surface area contributed by atoms with Gasteiger partial charge in [0.2, 0.25) is 0 Å². The predicted octanol–water partition coefficient (Wildman–Crippen LogP) is 0.830. The van der Waals surface area contributed by atoms with Gasteiger partial charge in [0.05, 0.1) is 6.61 Å². The van der Waals surface area contributed by atoms with Crippen molar-refractivity contribution in [3.63, 3.8) is 0 Å². The summed E-state index contributed by atoms with van der Waals surface area (Å²) in [4.78, 5) is 1.32. The second-order valence-electron chi connectivity index (χ2n) is 3.18. The van der Waals surface area contributed by atoms with E-state index in [0.717, 1.165) is 6.42 Å². The van der Waals surface area contributed by atoms with Gasteiger partial charge >= 0.3 is 6.98 Å². The Labute approximate surface area is 69.4 Å². The van der Waals surface area contributed by atoms with Crippen LogP contribution in [-0.2, 0) is 0 Å². The summed E-state index contributed by atoms with van der Waals surface area (Å²) >= 11 is 0. The smallest absolute Gasteiger partial charge is 0.448 e. The summed E-state index contributed by atoms with van der Waals surface area (Å²) in [6.45, 7) is -4.43. The fraction of sp³-hybridized carbons (Fsp3) is 1.00. The third-order valence-electron chi connectivity index (χ3n) is 2.15. The second kappa shape index (κ2) is 3.66. The number of nitrogens with zero attached hydrogens (tertiary/aromatic N) is 1. The topological polar surface area (TPSA) is 23.5 Å². The minimum Gasteiger partial charge on any atom is -0.448 e. The van der Waals surface area contributed by atoms with Crippen molar-refractivity contribution >= 4 is 6.98 Å². The molecule has 1 unspecified atom stereocenters. The molecule has 0 aliphatic carbocycles. The monoisotopic (exact) mass is 182 g/mol. The molecule has 1 heterocycles. The van der Waals surface area contributed by atoms with Crippen molar-refractivity contribution in [2.75, 3.05) is 19.6 Å². The first-order valence-electron chi connectivity index (χ1n) is 4.09. The lowest BCUT2D eigenvalue weighted by atomic mass is 9.91. The lowest BCUT2D eigenvalue weighted by molar-refractivity contribution is 0.165. The number of hydrogen-bond acceptors (Lipinski definition) is 2. The number of aliphatic hydroxyl groups is 1. The number of likely N-dealkylation sites (tertiary alicyclic amines) is 1. The van der Waals surface area contributed by atoms with Gasteiger partial charge in [0.25, 0.3) is 0 Å². The van der Waals surface area contributed by atoms with Crippen LogP contribution in [0.3, 0.4) is 0 Å². The van der Waals surface area contributed by atoms with Gasteiger partial charge in [0.15, 0.2) is 0 Å². The Kier molecular flexibility index (Phi) is 3.01. The van der Waals surface area contributed by atoms with Crippen LogP contribution in [0.1, 0.15) is 12.8 Å². The van der Waals surface area contributed by atoms with E-state index in [2.05, 4.69) is 0 Å². The molecule has 0 bridgehead atoms. The number of halogens is 3. The SMILES string of the molecule is OCC1CCCN1C[B-](F)(F)F. The van der Waals surface area contributed by atoms with Gasteiger partial charge in [-0.1, -0.05) is 0 Å². The van der Waals surface area contributed by atoms with Crippen LogP contribution in [0.5, 0.6) is 0 Å². The van der Waals surface area contributed by atoms with E-state index in [1.807, 2.05) is 0 Å². The minimum absolute atomic E-state index is 0.161. The minimum atomic E-state index is -4.74. The molecule has 0 saturated carbocycles. The van der Waals surface area contributed by atoms with Gasteiger partial charge in [0.1, 0.15) is 0 Å². The molecular formula is C6H12BF3NO-. The van der Waals surface area contributed by atoms with Crippen LogP contribution in [0, 0.1) is 0 Å². The van der Waals surface area contributed by atoms with Crippen molar-refractivity contribution in [3.05, 3.63) is 0 Å². The summed E-state index contributed by atoms with van der Waals surface area (Å²) in [7, 11) is 0. The van der Waals surface area contributed by atoms with Gasteiger partial charge in [-0.15, -0.1) is 0 Å². The molecule has 0 aromatic carbocycles. The van der Waals surface area contributed by atoms with Gasteiger partial charge in [-0.05, 0) is 25.8 Å². The van der Waals surface area contributed by atoms with Crippen molar-refractivity contribution in [3.8, 4) is 0 Å². The third kappa shape index (κ3) is 2.67. The average molecular weight is 182 g/mol. The van der Waals surface area contributed by atoms with Gasteiger partial charge in [-0.2, -0.15) is 0 Å². The van der Waals surface area contributed by atoms with Crippen LogP contribution in [0.15, 0.2) is 0 Å². The van der Waals surface area contributed by atoms with E-state index in [0.29, 0.717) is 13.0 Å². The first-order chi connectivity index (χ1) is 5.53. The van der Waals surface area contributed by atoms with Gasteiger partial charge in [0, 0.05) is 6.04 Å². The summed E-state index contributed by atoms with van der Waals surface area (Å²) in [6, 6.07) is -0.270. The van der Waals surface area contributed by atoms with Crippen LogP contribution in [0.25, 0.3) is 0 Å². The molecule has 12 heavy (non-hydrogen) atoms. The Morgan fingerprint density at radius 3 is 2.58 bits per heavy atom. The van der Waals surface area contributed by atoms with E-state index in [1.54, 1.807) is 0 Å². The van der Waals surface area contributed by atoms with Crippen LogP contribution < -0.4 is 0 Å². The summed E-state index contributed by atoms with van der Waals surface area (Å²) in [5.41, 5.74) is 0. The molecule has 1 saturated heterocycles. The summed E-state index contributed by atoms with van der Waals surface area (Å²) in [5.74, 6) is 0. The molecule has 0 amide bonds. The maximum atomic E-state index is 12.0. The summed E-state index contributed by atoms with van der Waals surface area (Å²) < 4.78 is 35.9. The van der Waals surface area contributed by atoms with E-state index in [1.165, 1.54) is 4.90 Å². The molecule has 0 spiro atoms. The fourth-order valence-electron chi connectivity index (χ4n) is 1.61. The van der Waals surface area contributed by atoms with Crippen LogP contribution in [0.2, 0.25) is 0 Å². The Morgan fingerprint density at radius 1 is 1.42 bits per heavy atom. The lowest BCUT2D eigenvalue weighted by Gasteiger charge is -2.27. The molecule has 2 nitrogen and oxygen atoms in total. The molecule has 1 N–H and O–H groups in total. The predicted molar refractivity (Wildman–Crippen MR) is 40.8 cm³/mol. The van der Waals surface area contributed by atoms with Gasteiger partial charge in [-0.25, -0.2) is 0 Å². The molecule has 72 valence electrons. The standard InChI is InChI=1S/C6H12BF3NO/c8-7(9,10)5-11-3-1-2-6(11)4-12/h6,12H,1-5H2/q-1. The Balaban J connectivity index is 2.41.